The third-order valence-corrected chi connectivity index (χ3v) is 5.74. The van der Waals surface area contributed by atoms with Crippen molar-refractivity contribution in [3.8, 4) is 0 Å². The Morgan fingerprint density at radius 3 is 1.78 bits per heavy atom. The molecule has 128 valence electrons. The van der Waals surface area contributed by atoms with Gasteiger partial charge < -0.3 is 0 Å². The average Bonchev–Trinajstić information content (AvgIpc) is 2.46. The lowest BCUT2D eigenvalue weighted by Gasteiger charge is -2.47. The summed E-state index contributed by atoms with van der Waals surface area (Å²) in [5, 5.41) is 0. The lowest BCUT2D eigenvalue weighted by Crippen LogP contribution is -2.38. The van der Waals surface area contributed by atoms with Crippen LogP contribution in [0.25, 0.3) is 0 Å². The van der Waals surface area contributed by atoms with Crippen molar-refractivity contribution >= 4 is 0 Å². The maximum absolute atomic E-state index is 4.31. The van der Waals surface area contributed by atoms with Gasteiger partial charge >= 0.3 is 0 Å². The van der Waals surface area contributed by atoms with Crippen LogP contribution in [0.3, 0.4) is 0 Å². The zero-order chi connectivity index (χ0) is 18.4. The average molecular weight is 313 g/mol. The second-order valence-electron chi connectivity index (χ2n) is 7.23. The molecule has 0 saturated carbocycles. The lowest BCUT2D eigenvalue weighted by atomic mass is 9.57. The lowest BCUT2D eigenvalue weighted by molar-refractivity contribution is 0.193. The summed E-state index contributed by atoms with van der Waals surface area (Å²) in [6, 6.07) is 0. The zero-order valence-electron chi connectivity index (χ0n) is 16.5. The van der Waals surface area contributed by atoms with E-state index in [4.69, 9.17) is 0 Å². The van der Waals surface area contributed by atoms with Crippen LogP contribution in [-0.4, -0.2) is 0 Å². The van der Waals surface area contributed by atoms with E-state index < -0.39 is 0 Å². The smallest absolute Gasteiger partial charge is 0.0148 e. The van der Waals surface area contributed by atoms with Crippen LogP contribution in [0.1, 0.15) is 61.3 Å². The Morgan fingerprint density at radius 1 is 0.957 bits per heavy atom. The molecule has 23 heavy (non-hydrogen) atoms. The zero-order valence-corrected chi connectivity index (χ0v) is 16.5. The van der Waals surface area contributed by atoms with E-state index >= 15 is 0 Å². The molecule has 0 radical (unpaired) electrons. The summed E-state index contributed by atoms with van der Waals surface area (Å²) >= 11 is 0. The first-order valence-corrected chi connectivity index (χ1v) is 8.41. The van der Waals surface area contributed by atoms with Gasteiger partial charge in [0.25, 0.3) is 0 Å². The molecule has 0 bridgehead atoms. The van der Waals surface area contributed by atoms with Crippen molar-refractivity contribution in [2.24, 2.45) is 10.8 Å². The minimum Gasteiger partial charge on any atom is -0.0995 e. The summed E-state index contributed by atoms with van der Waals surface area (Å²) in [5.74, 6) is 0. The second kappa shape index (κ2) is 8.34. The number of allylic oxidation sites excluding steroid dienone is 8. The fourth-order valence-corrected chi connectivity index (χ4v) is 3.15. The minimum atomic E-state index is -0.114. The Hall–Kier alpha value is -1.56. The molecule has 0 heteroatoms. The van der Waals surface area contributed by atoms with Crippen molar-refractivity contribution in [3.05, 3.63) is 72.4 Å². The topological polar surface area (TPSA) is 0 Å². The standard InChI is InChI=1S/C23H36/c1-12-15-22(10,18(5)6)23(11,19(7)8)16-14-21(13-2)20(9)17(3)4/h12-13,15H,2-3,5,7,14,16H2,1,4,6,8-11H3. The van der Waals surface area contributed by atoms with Gasteiger partial charge in [-0.2, -0.15) is 0 Å². The Labute approximate surface area is 145 Å². The van der Waals surface area contributed by atoms with E-state index in [1.54, 1.807) is 0 Å². The van der Waals surface area contributed by atoms with E-state index in [1.807, 2.05) is 6.08 Å². The molecule has 0 aliphatic heterocycles. The van der Waals surface area contributed by atoms with Crippen LogP contribution in [0.5, 0.6) is 0 Å². The molecule has 0 aliphatic rings. The van der Waals surface area contributed by atoms with Crippen molar-refractivity contribution in [2.45, 2.75) is 61.3 Å². The quantitative estimate of drug-likeness (QED) is 0.304. The first kappa shape index (κ1) is 21.4. The fraction of sp³-hybridized carbons (Fsp3) is 0.478. The maximum Gasteiger partial charge on any atom is 0.0148 e. The van der Waals surface area contributed by atoms with Gasteiger partial charge in [-0.05, 0) is 58.6 Å². The van der Waals surface area contributed by atoms with Crippen molar-refractivity contribution in [1.29, 1.82) is 0 Å². The molecule has 0 fully saturated rings. The summed E-state index contributed by atoms with van der Waals surface area (Å²) in [6.45, 7) is 31.7. The third-order valence-electron chi connectivity index (χ3n) is 5.74. The molecule has 0 rings (SSSR count). The van der Waals surface area contributed by atoms with E-state index in [-0.39, 0.29) is 10.8 Å². The summed E-state index contributed by atoms with van der Waals surface area (Å²) < 4.78 is 0. The Kier molecular flexibility index (Phi) is 7.77. The monoisotopic (exact) mass is 312 g/mol. The number of rotatable bonds is 9. The molecular formula is C23H36. The fourth-order valence-electron chi connectivity index (χ4n) is 3.15. The van der Waals surface area contributed by atoms with E-state index in [2.05, 4.69) is 86.9 Å². The summed E-state index contributed by atoms with van der Waals surface area (Å²) in [6.07, 6.45) is 8.33. The van der Waals surface area contributed by atoms with Gasteiger partial charge in [-0.3, -0.25) is 0 Å². The highest BCUT2D eigenvalue weighted by Gasteiger charge is 2.43. The normalized spacial score (nSPS) is 17.9. The molecule has 2 unspecified atom stereocenters. The van der Waals surface area contributed by atoms with E-state index in [0.29, 0.717) is 0 Å². The molecule has 0 nitrogen and oxygen atoms in total. The van der Waals surface area contributed by atoms with E-state index in [9.17, 15) is 0 Å². The maximum atomic E-state index is 4.31. The van der Waals surface area contributed by atoms with Crippen LogP contribution in [0.2, 0.25) is 0 Å². The van der Waals surface area contributed by atoms with Crippen molar-refractivity contribution in [3.63, 3.8) is 0 Å². The van der Waals surface area contributed by atoms with E-state index in [0.717, 1.165) is 18.4 Å². The van der Waals surface area contributed by atoms with Gasteiger partial charge in [0.1, 0.15) is 0 Å². The first-order valence-electron chi connectivity index (χ1n) is 8.41. The van der Waals surface area contributed by atoms with Crippen molar-refractivity contribution < 1.29 is 0 Å². The minimum absolute atomic E-state index is 0.0606. The molecule has 0 N–H and O–H groups in total. The Balaban J connectivity index is 5.88. The highest BCUT2D eigenvalue weighted by atomic mass is 14.5. The van der Waals surface area contributed by atoms with Crippen LogP contribution in [0.15, 0.2) is 72.4 Å². The SMILES string of the molecule is C=CC(CCC(C)(C(=C)C)C(C)(C=CC)C(=C)C)=C(C)C(=C)C. The van der Waals surface area contributed by atoms with Gasteiger partial charge in [-0.1, -0.05) is 75.1 Å². The Bertz CT molecular complexity index is 553. The molecule has 0 aromatic carbocycles. The summed E-state index contributed by atoms with van der Waals surface area (Å²) in [4.78, 5) is 0. The largest absolute Gasteiger partial charge is 0.0995 e. The highest BCUT2D eigenvalue weighted by molar-refractivity contribution is 5.36. The van der Waals surface area contributed by atoms with Gasteiger partial charge in [-0.25, -0.2) is 0 Å². The van der Waals surface area contributed by atoms with Crippen LogP contribution < -0.4 is 0 Å². The van der Waals surface area contributed by atoms with Gasteiger partial charge in [-0.15, -0.1) is 0 Å². The van der Waals surface area contributed by atoms with Crippen LogP contribution in [-0.2, 0) is 0 Å². The number of hydrogen-bond acceptors (Lipinski definition) is 0. The van der Waals surface area contributed by atoms with Crippen LogP contribution >= 0.6 is 0 Å². The first-order chi connectivity index (χ1) is 10.5. The third kappa shape index (κ3) is 4.47. The van der Waals surface area contributed by atoms with Gasteiger partial charge in [0, 0.05) is 10.8 Å². The molecule has 0 spiro atoms. The van der Waals surface area contributed by atoms with Crippen LogP contribution in [0, 0.1) is 10.8 Å². The predicted molar refractivity (Wildman–Crippen MR) is 108 cm³/mol. The molecule has 0 aromatic rings. The molecule has 0 heterocycles. The Morgan fingerprint density at radius 2 is 1.48 bits per heavy atom. The van der Waals surface area contributed by atoms with Gasteiger partial charge in [0.15, 0.2) is 0 Å². The molecule has 0 aromatic heterocycles. The molecule has 0 aliphatic carbocycles. The van der Waals surface area contributed by atoms with Crippen molar-refractivity contribution in [2.75, 3.05) is 0 Å². The molecule has 2 atom stereocenters. The summed E-state index contributed by atoms with van der Waals surface area (Å²) in [7, 11) is 0. The molecular weight excluding hydrogens is 276 g/mol. The molecule has 0 saturated heterocycles. The summed E-state index contributed by atoms with van der Waals surface area (Å²) in [5.41, 5.74) is 5.81. The molecule has 0 amide bonds. The van der Waals surface area contributed by atoms with Gasteiger partial charge in [0.2, 0.25) is 0 Å². The highest BCUT2D eigenvalue weighted by Crippen LogP contribution is 2.53. The van der Waals surface area contributed by atoms with Crippen LogP contribution in [0.4, 0.5) is 0 Å². The number of hydrogen-bond donors (Lipinski definition) is 0. The predicted octanol–water partition coefficient (Wildman–Crippen LogP) is 7.59. The van der Waals surface area contributed by atoms with E-state index in [1.165, 1.54) is 22.3 Å². The second-order valence-corrected chi connectivity index (χ2v) is 7.23. The van der Waals surface area contributed by atoms with Crippen molar-refractivity contribution in [1.82, 2.24) is 0 Å². The van der Waals surface area contributed by atoms with Gasteiger partial charge in [0.05, 0.1) is 0 Å².